The van der Waals surface area contributed by atoms with Crippen LogP contribution in [0.5, 0.6) is 0 Å². The monoisotopic (exact) mass is 301 g/mol. The van der Waals surface area contributed by atoms with Crippen molar-refractivity contribution in [1.29, 1.82) is 0 Å². The third-order valence-corrected chi connectivity index (χ3v) is 3.39. The second-order valence-electron chi connectivity index (χ2n) is 5.98. The van der Waals surface area contributed by atoms with Crippen molar-refractivity contribution in [2.24, 2.45) is 0 Å². The number of urea groups is 1. The minimum Gasteiger partial charge on any atom is -0.389 e. The van der Waals surface area contributed by atoms with Gasteiger partial charge in [-0.3, -0.25) is 4.98 Å². The molecule has 2 rings (SSSR count). The van der Waals surface area contributed by atoms with Crippen LogP contribution in [-0.4, -0.2) is 39.7 Å². The maximum absolute atomic E-state index is 12.2. The molecule has 0 radical (unpaired) electrons. The van der Waals surface area contributed by atoms with Crippen molar-refractivity contribution in [3.05, 3.63) is 42.1 Å². The molecule has 0 aliphatic rings. The molecular formula is C17H23N3O2. The molecule has 2 N–H and O–H groups in total. The van der Waals surface area contributed by atoms with Crippen molar-refractivity contribution < 1.29 is 9.90 Å². The summed E-state index contributed by atoms with van der Waals surface area (Å²) in [6, 6.07) is 9.63. The second-order valence-corrected chi connectivity index (χ2v) is 5.98. The number of aliphatic hydroxyl groups is 1. The first-order valence-electron chi connectivity index (χ1n) is 7.48. The number of hydrogen-bond acceptors (Lipinski definition) is 3. The molecule has 2 amide bonds. The van der Waals surface area contributed by atoms with E-state index in [0.29, 0.717) is 19.6 Å². The van der Waals surface area contributed by atoms with Crippen molar-refractivity contribution in [3.8, 4) is 0 Å². The third-order valence-electron chi connectivity index (χ3n) is 3.39. The second kappa shape index (κ2) is 6.75. The quantitative estimate of drug-likeness (QED) is 0.892. The van der Waals surface area contributed by atoms with Crippen LogP contribution in [-0.2, 0) is 6.54 Å². The molecule has 118 valence electrons. The summed E-state index contributed by atoms with van der Waals surface area (Å²) in [5, 5.41) is 13.8. The van der Waals surface area contributed by atoms with Gasteiger partial charge in [0.2, 0.25) is 0 Å². The number of carbonyl (C=O) groups is 1. The lowest BCUT2D eigenvalue weighted by molar-refractivity contribution is 0.0480. The van der Waals surface area contributed by atoms with E-state index in [0.717, 1.165) is 16.5 Å². The summed E-state index contributed by atoms with van der Waals surface area (Å²) >= 11 is 0. The first-order chi connectivity index (χ1) is 10.4. The summed E-state index contributed by atoms with van der Waals surface area (Å²) in [7, 11) is 0. The molecule has 0 saturated carbocycles. The highest BCUT2D eigenvalue weighted by atomic mass is 16.3. The predicted octanol–water partition coefficient (Wildman–Crippen LogP) is 2.54. The molecule has 0 aliphatic heterocycles. The molecule has 0 saturated heterocycles. The van der Waals surface area contributed by atoms with Gasteiger partial charge in [-0.25, -0.2) is 4.79 Å². The molecule has 0 aliphatic carbocycles. The fourth-order valence-electron chi connectivity index (χ4n) is 2.39. The number of nitrogens with zero attached hydrogens (tertiary/aromatic N) is 2. The number of carbonyl (C=O) groups excluding carboxylic acids is 1. The van der Waals surface area contributed by atoms with Gasteiger partial charge in [-0.1, -0.05) is 24.3 Å². The van der Waals surface area contributed by atoms with E-state index in [1.807, 2.05) is 37.3 Å². The highest BCUT2D eigenvalue weighted by Crippen LogP contribution is 2.15. The van der Waals surface area contributed by atoms with Gasteiger partial charge in [-0.05, 0) is 32.4 Å². The van der Waals surface area contributed by atoms with E-state index in [2.05, 4.69) is 10.3 Å². The molecule has 0 atom stereocenters. The van der Waals surface area contributed by atoms with Crippen molar-refractivity contribution in [2.45, 2.75) is 32.9 Å². The van der Waals surface area contributed by atoms with Crippen LogP contribution in [0.3, 0.4) is 0 Å². The van der Waals surface area contributed by atoms with E-state index in [-0.39, 0.29) is 6.03 Å². The minimum atomic E-state index is -0.908. The Bertz CT molecular complexity index is 644. The Hall–Kier alpha value is -2.14. The number of rotatable bonds is 5. The average Bonchev–Trinajstić information content (AvgIpc) is 2.49. The van der Waals surface area contributed by atoms with Gasteiger partial charge in [0.15, 0.2) is 0 Å². The Morgan fingerprint density at radius 3 is 2.73 bits per heavy atom. The largest absolute Gasteiger partial charge is 0.389 e. The van der Waals surface area contributed by atoms with Gasteiger partial charge in [0.05, 0.1) is 17.7 Å². The van der Waals surface area contributed by atoms with Crippen molar-refractivity contribution in [3.63, 3.8) is 0 Å². The lowest BCUT2D eigenvalue weighted by atomic mass is 10.1. The molecule has 1 aromatic carbocycles. The number of nitrogens with one attached hydrogen (secondary N) is 1. The van der Waals surface area contributed by atoms with Crippen molar-refractivity contribution in [2.75, 3.05) is 13.1 Å². The fraction of sp³-hybridized carbons (Fsp3) is 0.412. The van der Waals surface area contributed by atoms with Crippen LogP contribution in [0.2, 0.25) is 0 Å². The van der Waals surface area contributed by atoms with Crippen LogP contribution >= 0.6 is 0 Å². The van der Waals surface area contributed by atoms with Gasteiger partial charge < -0.3 is 15.3 Å². The predicted molar refractivity (Wildman–Crippen MR) is 87.5 cm³/mol. The molecule has 5 nitrogen and oxygen atoms in total. The van der Waals surface area contributed by atoms with Crippen molar-refractivity contribution >= 4 is 16.9 Å². The van der Waals surface area contributed by atoms with E-state index < -0.39 is 5.60 Å². The summed E-state index contributed by atoms with van der Waals surface area (Å²) in [4.78, 5) is 18.2. The van der Waals surface area contributed by atoms with Gasteiger partial charge >= 0.3 is 6.03 Å². The van der Waals surface area contributed by atoms with Crippen LogP contribution in [0.25, 0.3) is 10.9 Å². The Kier molecular flexibility index (Phi) is 4.98. The molecule has 2 aromatic rings. The van der Waals surface area contributed by atoms with Gasteiger partial charge in [0, 0.05) is 24.7 Å². The highest BCUT2D eigenvalue weighted by molar-refractivity contribution is 5.82. The molecule has 1 aromatic heterocycles. The normalized spacial score (nSPS) is 11.5. The van der Waals surface area contributed by atoms with E-state index in [1.54, 1.807) is 24.9 Å². The zero-order valence-electron chi connectivity index (χ0n) is 13.3. The Morgan fingerprint density at radius 2 is 2.05 bits per heavy atom. The summed E-state index contributed by atoms with van der Waals surface area (Å²) in [6.07, 6.45) is 1.75. The Balaban J connectivity index is 2.06. The lowest BCUT2D eigenvalue weighted by Gasteiger charge is -2.28. The topological polar surface area (TPSA) is 65.5 Å². The molecular weight excluding hydrogens is 278 g/mol. The fourth-order valence-corrected chi connectivity index (χ4v) is 2.39. The highest BCUT2D eigenvalue weighted by Gasteiger charge is 2.21. The summed E-state index contributed by atoms with van der Waals surface area (Å²) in [5.41, 5.74) is 0.968. The Morgan fingerprint density at radius 1 is 1.32 bits per heavy atom. The number of pyridine rings is 1. The van der Waals surface area contributed by atoms with Crippen LogP contribution in [0.4, 0.5) is 4.79 Å². The van der Waals surface area contributed by atoms with Crippen LogP contribution in [0, 0.1) is 0 Å². The maximum Gasteiger partial charge on any atom is 0.317 e. The first-order valence-corrected chi connectivity index (χ1v) is 7.48. The third kappa shape index (κ3) is 4.18. The van der Waals surface area contributed by atoms with Gasteiger partial charge in [0.1, 0.15) is 0 Å². The molecule has 0 unspecified atom stereocenters. The number of likely N-dealkylation sites (N-methyl/N-ethyl adjacent to an activating group) is 1. The minimum absolute atomic E-state index is 0.183. The van der Waals surface area contributed by atoms with E-state index >= 15 is 0 Å². The van der Waals surface area contributed by atoms with E-state index in [4.69, 9.17) is 0 Å². The van der Waals surface area contributed by atoms with Crippen molar-refractivity contribution in [1.82, 2.24) is 15.2 Å². The standard InChI is InChI=1S/C17H23N3O2/c1-4-20(12-17(2,3)22)16(21)19-11-14-8-5-7-13-9-6-10-18-15(13)14/h5-10,22H,4,11-12H2,1-3H3,(H,19,21). The van der Waals surface area contributed by atoms with Crippen LogP contribution < -0.4 is 5.32 Å². The zero-order valence-corrected chi connectivity index (χ0v) is 13.3. The number of fused-ring (bicyclic) bond motifs is 1. The van der Waals surface area contributed by atoms with Gasteiger partial charge in [-0.2, -0.15) is 0 Å². The van der Waals surface area contributed by atoms with Gasteiger partial charge in [-0.15, -0.1) is 0 Å². The van der Waals surface area contributed by atoms with E-state index in [9.17, 15) is 9.90 Å². The molecule has 22 heavy (non-hydrogen) atoms. The van der Waals surface area contributed by atoms with E-state index in [1.165, 1.54) is 0 Å². The average molecular weight is 301 g/mol. The first kappa shape index (κ1) is 16.2. The summed E-state index contributed by atoms with van der Waals surface area (Å²) in [5.74, 6) is 0. The molecule has 0 bridgehead atoms. The Labute approximate surface area is 131 Å². The van der Waals surface area contributed by atoms with Crippen LogP contribution in [0.15, 0.2) is 36.5 Å². The smallest absolute Gasteiger partial charge is 0.317 e. The number of amides is 2. The molecule has 0 fully saturated rings. The zero-order chi connectivity index (χ0) is 16.2. The number of para-hydroxylation sites is 1. The summed E-state index contributed by atoms with van der Waals surface area (Å²) in [6.45, 7) is 6.53. The SMILES string of the molecule is CCN(CC(C)(C)O)C(=O)NCc1cccc2cccnc12. The number of benzene rings is 1. The number of hydrogen-bond donors (Lipinski definition) is 2. The maximum atomic E-state index is 12.2. The molecule has 0 spiro atoms. The molecule has 5 heteroatoms. The van der Waals surface area contributed by atoms with Gasteiger partial charge in [0.25, 0.3) is 0 Å². The lowest BCUT2D eigenvalue weighted by Crippen LogP contribution is -2.46. The number of aromatic nitrogens is 1. The van der Waals surface area contributed by atoms with Crippen LogP contribution in [0.1, 0.15) is 26.3 Å². The summed E-state index contributed by atoms with van der Waals surface area (Å²) < 4.78 is 0. The molecule has 1 heterocycles.